The SMILES string of the molecule is CCNCCCC1OCC(c2cccc3cc(OCC4CC4)ccc23)CO1. The second-order valence-electron chi connectivity index (χ2n) is 7.77. The van der Waals surface area contributed by atoms with Crippen LogP contribution in [0.15, 0.2) is 36.4 Å². The monoisotopic (exact) mass is 369 g/mol. The van der Waals surface area contributed by atoms with Crippen molar-refractivity contribution in [1.29, 1.82) is 0 Å². The van der Waals surface area contributed by atoms with E-state index in [2.05, 4.69) is 48.6 Å². The van der Waals surface area contributed by atoms with Crippen molar-refractivity contribution in [2.24, 2.45) is 5.92 Å². The maximum Gasteiger partial charge on any atom is 0.157 e. The molecule has 4 rings (SSSR count). The summed E-state index contributed by atoms with van der Waals surface area (Å²) in [7, 11) is 0. The molecule has 146 valence electrons. The predicted octanol–water partition coefficient (Wildman–Crippen LogP) is 4.47. The van der Waals surface area contributed by atoms with E-state index in [1.54, 1.807) is 0 Å². The summed E-state index contributed by atoms with van der Waals surface area (Å²) in [6.45, 7) is 6.48. The first-order valence-corrected chi connectivity index (χ1v) is 10.4. The Bertz CT molecular complexity index is 735. The zero-order valence-electron chi connectivity index (χ0n) is 16.3. The average molecular weight is 370 g/mol. The Morgan fingerprint density at radius 1 is 1.11 bits per heavy atom. The van der Waals surface area contributed by atoms with E-state index in [9.17, 15) is 0 Å². The first-order chi connectivity index (χ1) is 13.3. The van der Waals surface area contributed by atoms with Crippen molar-refractivity contribution in [3.63, 3.8) is 0 Å². The number of hydrogen-bond donors (Lipinski definition) is 1. The molecule has 1 N–H and O–H groups in total. The number of hydrogen-bond acceptors (Lipinski definition) is 4. The van der Waals surface area contributed by atoms with E-state index in [1.165, 1.54) is 29.2 Å². The second-order valence-corrected chi connectivity index (χ2v) is 7.77. The van der Waals surface area contributed by atoms with Gasteiger partial charge < -0.3 is 19.5 Å². The minimum Gasteiger partial charge on any atom is -0.493 e. The van der Waals surface area contributed by atoms with Crippen LogP contribution in [0.3, 0.4) is 0 Å². The summed E-state index contributed by atoms with van der Waals surface area (Å²) in [4.78, 5) is 0. The van der Waals surface area contributed by atoms with Crippen LogP contribution in [0.25, 0.3) is 10.8 Å². The molecule has 0 atom stereocenters. The van der Waals surface area contributed by atoms with Gasteiger partial charge in [-0.15, -0.1) is 0 Å². The highest BCUT2D eigenvalue weighted by Gasteiger charge is 2.25. The Morgan fingerprint density at radius 3 is 2.74 bits per heavy atom. The van der Waals surface area contributed by atoms with Gasteiger partial charge in [0.15, 0.2) is 6.29 Å². The van der Waals surface area contributed by atoms with E-state index in [1.807, 2.05) is 0 Å². The molecule has 2 aromatic rings. The summed E-state index contributed by atoms with van der Waals surface area (Å²) in [5, 5.41) is 5.85. The summed E-state index contributed by atoms with van der Waals surface area (Å²) in [6, 6.07) is 12.9. The normalized spacial score (nSPS) is 22.9. The van der Waals surface area contributed by atoms with Crippen molar-refractivity contribution < 1.29 is 14.2 Å². The summed E-state index contributed by atoms with van der Waals surface area (Å²) in [5.74, 6) is 2.04. The molecule has 1 aliphatic carbocycles. The number of benzene rings is 2. The highest BCUT2D eigenvalue weighted by Crippen LogP contribution is 2.33. The van der Waals surface area contributed by atoms with Crippen LogP contribution in [-0.2, 0) is 9.47 Å². The number of nitrogens with one attached hydrogen (secondary N) is 1. The standard InChI is InChI=1S/C23H31NO3/c1-2-24-12-4-7-23-26-15-19(16-27-23)21-6-3-5-18-13-20(10-11-22(18)21)25-14-17-8-9-17/h3,5-6,10-11,13,17,19,23-24H,2,4,7-9,12,14-16H2,1H3. The summed E-state index contributed by atoms with van der Waals surface area (Å²) in [6.07, 6.45) is 4.61. The van der Waals surface area contributed by atoms with E-state index < -0.39 is 0 Å². The van der Waals surface area contributed by atoms with E-state index in [4.69, 9.17) is 14.2 Å². The fraction of sp³-hybridized carbons (Fsp3) is 0.565. The molecular formula is C23H31NO3. The first kappa shape index (κ1) is 18.7. The molecule has 0 radical (unpaired) electrons. The van der Waals surface area contributed by atoms with Gasteiger partial charge in [0, 0.05) is 5.92 Å². The second kappa shape index (κ2) is 9.05. The number of rotatable bonds is 9. The van der Waals surface area contributed by atoms with Gasteiger partial charge in [-0.3, -0.25) is 0 Å². The molecule has 1 heterocycles. The van der Waals surface area contributed by atoms with Crippen LogP contribution in [0.4, 0.5) is 0 Å². The Labute approximate surface area is 162 Å². The molecule has 0 unspecified atom stereocenters. The van der Waals surface area contributed by atoms with Crippen molar-refractivity contribution in [2.45, 2.75) is 44.8 Å². The highest BCUT2D eigenvalue weighted by atomic mass is 16.7. The van der Waals surface area contributed by atoms with Crippen LogP contribution in [-0.4, -0.2) is 39.2 Å². The minimum absolute atomic E-state index is 0.0580. The van der Waals surface area contributed by atoms with Crippen LogP contribution in [0.1, 0.15) is 44.1 Å². The maximum atomic E-state index is 6.00. The van der Waals surface area contributed by atoms with Gasteiger partial charge in [0.25, 0.3) is 0 Å². The first-order valence-electron chi connectivity index (χ1n) is 10.4. The van der Waals surface area contributed by atoms with Crippen molar-refractivity contribution in [3.05, 3.63) is 42.0 Å². The third-order valence-corrected chi connectivity index (χ3v) is 5.52. The van der Waals surface area contributed by atoms with Crippen LogP contribution in [0.2, 0.25) is 0 Å². The zero-order valence-corrected chi connectivity index (χ0v) is 16.3. The Hall–Kier alpha value is -1.62. The minimum atomic E-state index is -0.0580. The van der Waals surface area contributed by atoms with Gasteiger partial charge >= 0.3 is 0 Å². The molecule has 0 aromatic heterocycles. The molecule has 4 heteroatoms. The van der Waals surface area contributed by atoms with Gasteiger partial charge in [-0.05, 0) is 73.2 Å². The quantitative estimate of drug-likeness (QED) is 0.662. The fourth-order valence-corrected chi connectivity index (χ4v) is 3.69. The maximum absolute atomic E-state index is 6.00. The number of ether oxygens (including phenoxy) is 3. The predicted molar refractivity (Wildman–Crippen MR) is 108 cm³/mol. The smallest absolute Gasteiger partial charge is 0.157 e. The molecule has 1 saturated heterocycles. The fourth-order valence-electron chi connectivity index (χ4n) is 3.69. The van der Waals surface area contributed by atoms with Gasteiger partial charge in [0.1, 0.15) is 5.75 Å². The molecule has 2 aliphatic rings. The lowest BCUT2D eigenvalue weighted by Crippen LogP contribution is -2.31. The van der Waals surface area contributed by atoms with Crippen LogP contribution in [0, 0.1) is 5.92 Å². The molecule has 1 aliphatic heterocycles. The van der Waals surface area contributed by atoms with Gasteiger partial charge in [-0.1, -0.05) is 31.2 Å². The molecule has 1 saturated carbocycles. The van der Waals surface area contributed by atoms with Crippen molar-refractivity contribution in [1.82, 2.24) is 5.32 Å². The van der Waals surface area contributed by atoms with Crippen molar-refractivity contribution in [2.75, 3.05) is 32.9 Å². The van der Waals surface area contributed by atoms with Crippen LogP contribution < -0.4 is 10.1 Å². The third kappa shape index (κ3) is 5.01. The Kier molecular flexibility index (Phi) is 6.28. The largest absolute Gasteiger partial charge is 0.493 e. The van der Waals surface area contributed by atoms with E-state index in [0.717, 1.165) is 57.4 Å². The molecule has 0 amide bonds. The van der Waals surface area contributed by atoms with Crippen LogP contribution in [0.5, 0.6) is 5.75 Å². The molecular weight excluding hydrogens is 338 g/mol. The van der Waals surface area contributed by atoms with E-state index in [0.29, 0.717) is 0 Å². The lowest BCUT2D eigenvalue weighted by atomic mass is 9.94. The topological polar surface area (TPSA) is 39.7 Å². The summed E-state index contributed by atoms with van der Waals surface area (Å²) >= 11 is 0. The van der Waals surface area contributed by atoms with Crippen molar-refractivity contribution in [3.8, 4) is 5.75 Å². The molecule has 2 fully saturated rings. The average Bonchev–Trinajstić information content (AvgIpc) is 3.54. The molecule has 0 spiro atoms. The van der Waals surface area contributed by atoms with E-state index >= 15 is 0 Å². The summed E-state index contributed by atoms with van der Waals surface area (Å²) in [5.41, 5.74) is 1.31. The Morgan fingerprint density at radius 2 is 1.96 bits per heavy atom. The van der Waals surface area contributed by atoms with Gasteiger partial charge in [-0.25, -0.2) is 0 Å². The Balaban J connectivity index is 1.37. The van der Waals surface area contributed by atoms with Gasteiger partial charge in [-0.2, -0.15) is 0 Å². The molecule has 2 aromatic carbocycles. The lowest BCUT2D eigenvalue weighted by Gasteiger charge is -2.30. The lowest BCUT2D eigenvalue weighted by molar-refractivity contribution is -0.189. The molecule has 4 nitrogen and oxygen atoms in total. The van der Waals surface area contributed by atoms with Gasteiger partial charge in [0.2, 0.25) is 0 Å². The zero-order chi connectivity index (χ0) is 18.5. The third-order valence-electron chi connectivity index (χ3n) is 5.52. The molecule has 0 bridgehead atoms. The van der Waals surface area contributed by atoms with Gasteiger partial charge in [0.05, 0.1) is 19.8 Å². The number of fused-ring (bicyclic) bond motifs is 1. The van der Waals surface area contributed by atoms with Crippen molar-refractivity contribution >= 4 is 10.8 Å². The summed E-state index contributed by atoms with van der Waals surface area (Å²) < 4.78 is 17.9. The highest BCUT2D eigenvalue weighted by molar-refractivity contribution is 5.87. The molecule has 27 heavy (non-hydrogen) atoms. The van der Waals surface area contributed by atoms with Crippen LogP contribution >= 0.6 is 0 Å². The van der Waals surface area contributed by atoms with E-state index in [-0.39, 0.29) is 12.2 Å².